The lowest BCUT2D eigenvalue weighted by Gasteiger charge is -2.17. The molecule has 0 saturated heterocycles. The first-order valence-electron chi connectivity index (χ1n) is 10.4. The second-order valence-corrected chi connectivity index (χ2v) is 9.50. The van der Waals surface area contributed by atoms with Gasteiger partial charge in [-0.2, -0.15) is 0 Å². The van der Waals surface area contributed by atoms with Crippen LogP contribution in [0.3, 0.4) is 0 Å². The van der Waals surface area contributed by atoms with E-state index in [2.05, 4.69) is 26.1 Å². The summed E-state index contributed by atoms with van der Waals surface area (Å²) in [7, 11) is 0. The summed E-state index contributed by atoms with van der Waals surface area (Å²) in [6.45, 7) is 11.8. The van der Waals surface area contributed by atoms with E-state index in [0.29, 0.717) is 23.2 Å². The van der Waals surface area contributed by atoms with Crippen LogP contribution in [0.4, 0.5) is 0 Å². The molecule has 1 aromatic carbocycles. The molecule has 31 heavy (non-hydrogen) atoms. The lowest BCUT2D eigenvalue weighted by molar-refractivity contribution is -0.142. The van der Waals surface area contributed by atoms with Crippen molar-refractivity contribution in [1.29, 1.82) is 0 Å². The molecule has 166 valence electrons. The fraction of sp³-hybridized carbons (Fsp3) is 0.458. The van der Waals surface area contributed by atoms with E-state index >= 15 is 0 Å². The number of amides is 1. The van der Waals surface area contributed by atoms with E-state index in [1.807, 2.05) is 19.9 Å². The largest absolute Gasteiger partial charge is 0.480 e. The van der Waals surface area contributed by atoms with E-state index in [-0.39, 0.29) is 23.3 Å². The molecule has 0 fully saturated rings. The molecule has 1 atom stereocenters. The molecular weight excluding hydrogens is 398 g/mol. The number of furan rings is 1. The monoisotopic (exact) mass is 427 g/mol. The highest BCUT2D eigenvalue weighted by molar-refractivity contribution is 5.97. The van der Waals surface area contributed by atoms with Crippen LogP contribution >= 0.6 is 0 Å². The molecule has 3 rings (SSSR count). The molecule has 0 unspecified atom stereocenters. The maximum absolute atomic E-state index is 12.6. The fourth-order valence-corrected chi connectivity index (χ4v) is 3.79. The molecule has 0 aliphatic carbocycles. The summed E-state index contributed by atoms with van der Waals surface area (Å²) in [5.74, 6) is -1.52. The molecule has 0 saturated carbocycles. The Morgan fingerprint density at radius 2 is 1.81 bits per heavy atom. The lowest BCUT2D eigenvalue weighted by Crippen LogP contribution is -2.42. The van der Waals surface area contributed by atoms with Crippen molar-refractivity contribution in [3.05, 3.63) is 45.5 Å². The van der Waals surface area contributed by atoms with Gasteiger partial charge in [-0.25, -0.2) is 9.59 Å². The smallest absolute Gasteiger partial charge is 0.340 e. The van der Waals surface area contributed by atoms with Crippen LogP contribution in [0.5, 0.6) is 0 Å². The SMILES string of the molecule is Cc1c(CC(=O)N[C@H](CC(C)C)C(=O)O)c(=O)oc2cc3occ(C(C)(C)C)c3cc12. The topological polar surface area (TPSA) is 110 Å². The van der Waals surface area contributed by atoms with Crippen LogP contribution in [0.15, 0.2) is 32.0 Å². The van der Waals surface area contributed by atoms with E-state index in [1.54, 1.807) is 19.3 Å². The van der Waals surface area contributed by atoms with Crippen LogP contribution in [-0.2, 0) is 21.4 Å². The van der Waals surface area contributed by atoms with E-state index < -0.39 is 23.5 Å². The summed E-state index contributed by atoms with van der Waals surface area (Å²) in [6.07, 6.45) is 1.77. The minimum Gasteiger partial charge on any atom is -0.480 e. The molecular formula is C24H29NO6. The van der Waals surface area contributed by atoms with Gasteiger partial charge in [0.2, 0.25) is 5.91 Å². The number of benzene rings is 1. The predicted octanol–water partition coefficient (Wildman–Crippen LogP) is 4.30. The summed E-state index contributed by atoms with van der Waals surface area (Å²) in [5.41, 5.74) is 2.16. The van der Waals surface area contributed by atoms with E-state index in [0.717, 1.165) is 16.3 Å². The Balaban J connectivity index is 2.01. The molecule has 0 radical (unpaired) electrons. The quantitative estimate of drug-likeness (QED) is 0.568. The zero-order valence-electron chi connectivity index (χ0n) is 18.8. The van der Waals surface area contributed by atoms with Gasteiger partial charge in [0.05, 0.1) is 18.2 Å². The standard InChI is InChI=1S/C24H29NO6/c1-12(2)7-18(22(27)28)25-21(26)9-15-13(3)14-8-16-17(24(4,5)6)11-30-19(16)10-20(14)31-23(15)29/h8,10-12,18H,7,9H2,1-6H3,(H,25,26)(H,27,28)/t18-/m1/s1. The van der Waals surface area contributed by atoms with Crippen LogP contribution < -0.4 is 10.9 Å². The van der Waals surface area contributed by atoms with Crippen molar-refractivity contribution in [3.63, 3.8) is 0 Å². The van der Waals surface area contributed by atoms with Crippen molar-refractivity contribution in [1.82, 2.24) is 5.32 Å². The number of carboxylic acid groups (broad SMARTS) is 1. The minimum atomic E-state index is -1.10. The van der Waals surface area contributed by atoms with Crippen molar-refractivity contribution < 1.29 is 23.5 Å². The minimum absolute atomic E-state index is 0.100. The number of hydrogen-bond donors (Lipinski definition) is 2. The summed E-state index contributed by atoms with van der Waals surface area (Å²) in [5, 5.41) is 13.5. The average Bonchev–Trinajstić information content (AvgIpc) is 3.06. The first-order chi connectivity index (χ1) is 14.4. The van der Waals surface area contributed by atoms with Gasteiger partial charge < -0.3 is 19.3 Å². The molecule has 7 heteroatoms. The molecule has 1 amide bonds. The Bertz CT molecular complexity index is 1210. The zero-order chi connectivity index (χ0) is 23.1. The zero-order valence-corrected chi connectivity index (χ0v) is 18.8. The highest BCUT2D eigenvalue weighted by Crippen LogP contribution is 2.35. The van der Waals surface area contributed by atoms with Crippen molar-refractivity contribution in [2.45, 2.75) is 65.8 Å². The second-order valence-electron chi connectivity index (χ2n) is 9.50. The van der Waals surface area contributed by atoms with Crippen molar-refractivity contribution in [2.24, 2.45) is 5.92 Å². The number of aryl methyl sites for hydroxylation is 1. The van der Waals surface area contributed by atoms with Crippen LogP contribution in [-0.4, -0.2) is 23.0 Å². The van der Waals surface area contributed by atoms with Gasteiger partial charge >= 0.3 is 11.6 Å². The Hall–Kier alpha value is -3.09. The van der Waals surface area contributed by atoms with Gasteiger partial charge in [-0.15, -0.1) is 0 Å². The molecule has 0 aliphatic heterocycles. The molecule has 3 aromatic rings. The predicted molar refractivity (Wildman–Crippen MR) is 118 cm³/mol. The molecule has 0 spiro atoms. The molecule has 0 aliphatic rings. The number of hydrogen-bond acceptors (Lipinski definition) is 5. The lowest BCUT2D eigenvalue weighted by atomic mass is 9.86. The van der Waals surface area contributed by atoms with E-state index in [4.69, 9.17) is 8.83 Å². The van der Waals surface area contributed by atoms with Gasteiger partial charge in [0, 0.05) is 22.4 Å². The van der Waals surface area contributed by atoms with Crippen molar-refractivity contribution in [3.8, 4) is 0 Å². The van der Waals surface area contributed by atoms with E-state index in [9.17, 15) is 19.5 Å². The number of fused-ring (bicyclic) bond motifs is 2. The van der Waals surface area contributed by atoms with Crippen LogP contribution in [0.1, 0.15) is 57.7 Å². The normalized spacial score (nSPS) is 13.1. The Labute approximate surface area is 180 Å². The van der Waals surface area contributed by atoms with Crippen molar-refractivity contribution >= 4 is 33.8 Å². The number of carbonyl (C=O) groups excluding carboxylic acids is 1. The van der Waals surface area contributed by atoms with E-state index in [1.165, 1.54) is 0 Å². The van der Waals surface area contributed by atoms with Crippen LogP contribution in [0.2, 0.25) is 0 Å². The third-order valence-corrected chi connectivity index (χ3v) is 5.47. The second kappa shape index (κ2) is 8.21. The van der Waals surface area contributed by atoms with Gasteiger partial charge in [0.25, 0.3) is 0 Å². The first-order valence-corrected chi connectivity index (χ1v) is 10.4. The van der Waals surface area contributed by atoms with Gasteiger partial charge in [-0.1, -0.05) is 34.6 Å². The van der Waals surface area contributed by atoms with Crippen molar-refractivity contribution in [2.75, 3.05) is 0 Å². The van der Waals surface area contributed by atoms with Gasteiger partial charge in [-0.05, 0) is 36.3 Å². The maximum atomic E-state index is 12.6. The third kappa shape index (κ3) is 4.65. The highest BCUT2D eigenvalue weighted by atomic mass is 16.4. The molecule has 7 nitrogen and oxygen atoms in total. The van der Waals surface area contributed by atoms with Gasteiger partial charge in [0.15, 0.2) is 0 Å². The fourth-order valence-electron chi connectivity index (χ4n) is 3.79. The van der Waals surface area contributed by atoms with Gasteiger partial charge in [-0.3, -0.25) is 4.79 Å². The summed E-state index contributed by atoms with van der Waals surface area (Å²) < 4.78 is 11.2. The number of aliphatic carboxylic acids is 1. The summed E-state index contributed by atoms with van der Waals surface area (Å²) in [4.78, 5) is 36.6. The summed E-state index contributed by atoms with van der Waals surface area (Å²) in [6, 6.07) is 2.62. The molecule has 0 bridgehead atoms. The van der Waals surface area contributed by atoms with Crippen LogP contribution in [0, 0.1) is 12.8 Å². The highest BCUT2D eigenvalue weighted by Gasteiger charge is 2.24. The third-order valence-electron chi connectivity index (χ3n) is 5.47. The number of nitrogens with one attached hydrogen (secondary N) is 1. The number of carbonyl (C=O) groups is 2. The average molecular weight is 427 g/mol. The number of carboxylic acids is 1. The first kappa shape index (κ1) is 22.6. The number of rotatable bonds is 6. The Kier molecular flexibility index (Phi) is 5.98. The molecule has 2 aromatic heterocycles. The Morgan fingerprint density at radius 3 is 2.39 bits per heavy atom. The summed E-state index contributed by atoms with van der Waals surface area (Å²) >= 11 is 0. The van der Waals surface area contributed by atoms with Crippen LogP contribution in [0.25, 0.3) is 21.9 Å². The molecule has 2 heterocycles. The van der Waals surface area contributed by atoms with Gasteiger partial charge in [0.1, 0.15) is 17.2 Å². The Morgan fingerprint density at radius 1 is 1.13 bits per heavy atom. The maximum Gasteiger partial charge on any atom is 0.340 e. The molecule has 2 N–H and O–H groups in total.